The maximum Gasteiger partial charge on any atom is 0.341 e. The second-order valence-electron chi connectivity index (χ2n) is 2.90. The molecule has 0 saturated heterocycles. The third kappa shape index (κ3) is 2.31. The normalized spacial score (nSPS) is 9.44. The van der Waals surface area contributed by atoms with Crippen LogP contribution >= 0.6 is 0 Å². The molecule has 0 aliphatic rings. The van der Waals surface area contributed by atoms with E-state index in [1.807, 2.05) is 0 Å². The Morgan fingerprint density at radius 3 is 2.12 bits per heavy atom. The number of carbonyl (C=O) groups excluding carboxylic acids is 2. The summed E-state index contributed by atoms with van der Waals surface area (Å²) in [7, 11) is 3.96. The lowest BCUT2D eigenvalue weighted by Gasteiger charge is -2.08. The molecular formula is C11H12O5. The predicted molar refractivity (Wildman–Crippen MR) is 55.7 cm³/mol. The van der Waals surface area contributed by atoms with Gasteiger partial charge in [0.1, 0.15) is 11.3 Å². The molecule has 0 fully saturated rings. The molecule has 0 aromatic heterocycles. The summed E-state index contributed by atoms with van der Waals surface area (Å²) in [5, 5.41) is 0. The number of carbonyl (C=O) groups is 2. The minimum absolute atomic E-state index is 0.262. The van der Waals surface area contributed by atoms with Crippen molar-refractivity contribution in [2.45, 2.75) is 0 Å². The molecular weight excluding hydrogens is 212 g/mol. The van der Waals surface area contributed by atoms with Crippen LogP contribution in [0, 0.1) is 0 Å². The number of benzene rings is 1. The van der Waals surface area contributed by atoms with Gasteiger partial charge in [-0.1, -0.05) is 0 Å². The van der Waals surface area contributed by atoms with Crippen LogP contribution in [0.1, 0.15) is 20.7 Å². The second-order valence-corrected chi connectivity index (χ2v) is 2.90. The summed E-state index contributed by atoms with van der Waals surface area (Å²) < 4.78 is 14.1. The van der Waals surface area contributed by atoms with E-state index in [0.717, 1.165) is 0 Å². The monoisotopic (exact) mass is 224 g/mol. The number of hydrogen-bond acceptors (Lipinski definition) is 5. The fraction of sp³-hybridized carbons (Fsp3) is 0.273. The van der Waals surface area contributed by atoms with Gasteiger partial charge < -0.3 is 14.2 Å². The molecule has 86 valence electrons. The zero-order chi connectivity index (χ0) is 12.1. The third-order valence-electron chi connectivity index (χ3n) is 2.03. The Morgan fingerprint density at radius 1 is 1.00 bits per heavy atom. The van der Waals surface area contributed by atoms with E-state index in [1.165, 1.54) is 39.5 Å². The third-order valence-corrected chi connectivity index (χ3v) is 2.03. The van der Waals surface area contributed by atoms with E-state index in [0.29, 0.717) is 5.56 Å². The predicted octanol–water partition coefficient (Wildman–Crippen LogP) is 1.27. The van der Waals surface area contributed by atoms with Gasteiger partial charge in [0, 0.05) is 0 Å². The molecule has 0 aliphatic carbocycles. The quantitative estimate of drug-likeness (QED) is 0.723. The lowest BCUT2D eigenvalue weighted by molar-refractivity contribution is 0.0583. The molecule has 0 amide bonds. The number of hydrogen-bond donors (Lipinski definition) is 0. The summed E-state index contributed by atoms with van der Waals surface area (Å²) in [6.07, 6.45) is 0. The zero-order valence-electron chi connectivity index (χ0n) is 9.27. The van der Waals surface area contributed by atoms with Crippen molar-refractivity contribution in [2.24, 2.45) is 0 Å². The van der Waals surface area contributed by atoms with E-state index in [2.05, 4.69) is 9.47 Å². The lowest BCUT2D eigenvalue weighted by Crippen LogP contribution is -2.07. The van der Waals surface area contributed by atoms with Crippen LogP contribution in [-0.4, -0.2) is 33.3 Å². The van der Waals surface area contributed by atoms with Gasteiger partial charge in [-0.3, -0.25) is 0 Å². The van der Waals surface area contributed by atoms with E-state index in [4.69, 9.17) is 4.74 Å². The van der Waals surface area contributed by atoms with Gasteiger partial charge in [-0.25, -0.2) is 9.59 Å². The second kappa shape index (κ2) is 5.16. The maximum absolute atomic E-state index is 11.3. The van der Waals surface area contributed by atoms with Gasteiger partial charge >= 0.3 is 11.9 Å². The van der Waals surface area contributed by atoms with E-state index in [-0.39, 0.29) is 11.3 Å². The molecule has 5 nitrogen and oxygen atoms in total. The van der Waals surface area contributed by atoms with Crippen LogP contribution in [-0.2, 0) is 9.47 Å². The van der Waals surface area contributed by atoms with Crippen molar-refractivity contribution in [3.05, 3.63) is 29.3 Å². The molecule has 1 aromatic rings. The highest BCUT2D eigenvalue weighted by atomic mass is 16.5. The first kappa shape index (κ1) is 12.0. The smallest absolute Gasteiger partial charge is 0.341 e. The van der Waals surface area contributed by atoms with Crippen LogP contribution in [0.2, 0.25) is 0 Å². The van der Waals surface area contributed by atoms with Crippen molar-refractivity contribution < 1.29 is 23.8 Å². The molecule has 1 rings (SSSR count). The summed E-state index contributed by atoms with van der Waals surface area (Å²) >= 11 is 0. The average Bonchev–Trinajstić information content (AvgIpc) is 2.35. The molecule has 0 bridgehead atoms. The van der Waals surface area contributed by atoms with Gasteiger partial charge in [0.15, 0.2) is 0 Å². The van der Waals surface area contributed by atoms with E-state index in [1.54, 1.807) is 0 Å². The van der Waals surface area contributed by atoms with Gasteiger partial charge in [-0.15, -0.1) is 0 Å². The summed E-state index contributed by atoms with van der Waals surface area (Å²) in [5.74, 6) is -0.738. The van der Waals surface area contributed by atoms with Crippen molar-refractivity contribution in [3.63, 3.8) is 0 Å². The highest BCUT2D eigenvalue weighted by molar-refractivity contribution is 5.96. The minimum Gasteiger partial charge on any atom is -0.496 e. The van der Waals surface area contributed by atoms with Gasteiger partial charge in [-0.2, -0.15) is 0 Å². The number of ether oxygens (including phenoxy) is 3. The Kier molecular flexibility index (Phi) is 3.88. The number of methoxy groups -OCH3 is 3. The first-order valence-electron chi connectivity index (χ1n) is 4.48. The van der Waals surface area contributed by atoms with Crippen molar-refractivity contribution in [1.29, 1.82) is 0 Å². The van der Waals surface area contributed by atoms with Gasteiger partial charge in [0.05, 0.1) is 26.9 Å². The van der Waals surface area contributed by atoms with Crippen LogP contribution in [0.4, 0.5) is 0 Å². The molecule has 0 N–H and O–H groups in total. The lowest BCUT2D eigenvalue weighted by atomic mass is 10.1. The molecule has 16 heavy (non-hydrogen) atoms. The standard InChI is InChI=1S/C11H12O5/c1-14-9-6-7(10(12)15-2)4-5-8(9)11(13)16-3/h4-6H,1-3H3. The first-order chi connectivity index (χ1) is 7.63. The van der Waals surface area contributed by atoms with Crippen LogP contribution in [0.5, 0.6) is 5.75 Å². The van der Waals surface area contributed by atoms with Crippen molar-refractivity contribution in [2.75, 3.05) is 21.3 Å². The van der Waals surface area contributed by atoms with Crippen LogP contribution in [0.3, 0.4) is 0 Å². The van der Waals surface area contributed by atoms with Crippen LogP contribution < -0.4 is 4.74 Å². The molecule has 5 heteroatoms. The molecule has 0 unspecified atom stereocenters. The fourth-order valence-electron chi connectivity index (χ4n) is 1.21. The highest BCUT2D eigenvalue weighted by Gasteiger charge is 2.15. The van der Waals surface area contributed by atoms with E-state index < -0.39 is 11.9 Å². The van der Waals surface area contributed by atoms with Crippen molar-refractivity contribution in [3.8, 4) is 5.75 Å². The van der Waals surface area contributed by atoms with Crippen LogP contribution in [0.15, 0.2) is 18.2 Å². The first-order valence-corrected chi connectivity index (χ1v) is 4.48. The number of rotatable bonds is 3. The van der Waals surface area contributed by atoms with Gasteiger partial charge in [0.2, 0.25) is 0 Å². The molecule has 0 spiro atoms. The summed E-state index contributed by atoms with van der Waals surface area (Å²) in [4.78, 5) is 22.6. The topological polar surface area (TPSA) is 61.8 Å². The molecule has 0 radical (unpaired) electrons. The van der Waals surface area contributed by atoms with Crippen molar-refractivity contribution >= 4 is 11.9 Å². The van der Waals surface area contributed by atoms with Gasteiger partial charge in [0.25, 0.3) is 0 Å². The Labute approximate surface area is 92.9 Å². The molecule has 0 heterocycles. The van der Waals surface area contributed by atoms with Crippen molar-refractivity contribution in [1.82, 2.24) is 0 Å². The Bertz CT molecular complexity index is 411. The Balaban J connectivity index is 3.16. The Hall–Kier alpha value is -2.04. The summed E-state index contributed by atoms with van der Waals surface area (Å²) in [6.45, 7) is 0. The minimum atomic E-state index is -0.520. The average molecular weight is 224 g/mol. The molecule has 0 saturated carbocycles. The zero-order valence-corrected chi connectivity index (χ0v) is 9.27. The molecule has 1 aromatic carbocycles. The summed E-state index contributed by atoms with van der Waals surface area (Å²) in [5.41, 5.74) is 0.574. The van der Waals surface area contributed by atoms with E-state index in [9.17, 15) is 9.59 Å². The number of esters is 2. The van der Waals surface area contributed by atoms with Gasteiger partial charge in [-0.05, 0) is 18.2 Å². The summed E-state index contributed by atoms with van der Waals surface area (Å²) in [6, 6.07) is 4.36. The van der Waals surface area contributed by atoms with Crippen LogP contribution in [0.25, 0.3) is 0 Å². The highest BCUT2D eigenvalue weighted by Crippen LogP contribution is 2.21. The SMILES string of the molecule is COC(=O)c1ccc(C(=O)OC)c(OC)c1. The fourth-order valence-corrected chi connectivity index (χ4v) is 1.21. The maximum atomic E-state index is 11.3. The Morgan fingerprint density at radius 2 is 1.62 bits per heavy atom. The molecule has 0 atom stereocenters. The largest absolute Gasteiger partial charge is 0.496 e. The molecule has 0 aliphatic heterocycles. The van der Waals surface area contributed by atoms with E-state index >= 15 is 0 Å².